The lowest BCUT2D eigenvalue weighted by Gasteiger charge is -2.11. The molecule has 0 aliphatic carbocycles. The van der Waals surface area contributed by atoms with Crippen molar-refractivity contribution in [3.8, 4) is 5.75 Å². The minimum atomic E-state index is -0.477. The van der Waals surface area contributed by atoms with E-state index in [1.807, 2.05) is 5.43 Å². The molecule has 0 heterocycles. The summed E-state index contributed by atoms with van der Waals surface area (Å²) in [6.07, 6.45) is 0. The van der Waals surface area contributed by atoms with Gasteiger partial charge in [-0.1, -0.05) is 34.1 Å². The van der Waals surface area contributed by atoms with Crippen molar-refractivity contribution in [2.24, 2.45) is 5.84 Å². The summed E-state index contributed by atoms with van der Waals surface area (Å²) in [6.45, 7) is 0.0269. The van der Waals surface area contributed by atoms with Crippen molar-refractivity contribution in [3.63, 3.8) is 0 Å². The van der Waals surface area contributed by atoms with E-state index in [2.05, 4.69) is 15.9 Å². The lowest BCUT2D eigenvalue weighted by Crippen LogP contribution is -2.30. The molecule has 0 atom stereocenters. The number of nitrogens with two attached hydrogens (primary N) is 1. The summed E-state index contributed by atoms with van der Waals surface area (Å²) in [5.74, 6) is 4.63. The first-order valence-corrected chi connectivity index (χ1v) is 6.58. The first-order chi connectivity index (χ1) is 9.61. The van der Waals surface area contributed by atoms with Crippen LogP contribution in [0.3, 0.4) is 0 Å². The first kappa shape index (κ1) is 14.5. The molecule has 6 heteroatoms. The Morgan fingerprint density at radius 2 is 2.05 bits per heavy atom. The predicted molar refractivity (Wildman–Crippen MR) is 76.5 cm³/mol. The van der Waals surface area contributed by atoms with Crippen molar-refractivity contribution in [2.75, 3.05) is 0 Å². The van der Waals surface area contributed by atoms with Gasteiger partial charge in [-0.25, -0.2) is 10.2 Å². The van der Waals surface area contributed by atoms with Crippen LogP contribution in [-0.4, -0.2) is 5.91 Å². The highest BCUT2D eigenvalue weighted by Crippen LogP contribution is 2.24. The van der Waals surface area contributed by atoms with Gasteiger partial charge in [0.05, 0.1) is 5.56 Å². The lowest BCUT2D eigenvalue weighted by molar-refractivity contribution is 0.0949. The third-order valence-electron chi connectivity index (χ3n) is 2.66. The Hall–Kier alpha value is -1.92. The van der Waals surface area contributed by atoms with Crippen molar-refractivity contribution in [1.29, 1.82) is 0 Å². The number of amides is 1. The minimum absolute atomic E-state index is 0.0269. The summed E-state index contributed by atoms with van der Waals surface area (Å²) in [4.78, 5) is 11.7. The number of carbonyl (C=O) groups excluding carboxylic acids is 1. The third kappa shape index (κ3) is 3.34. The molecular weight excluding hydrogens is 327 g/mol. The molecular formula is C14H12BrFN2O2. The summed E-state index contributed by atoms with van der Waals surface area (Å²) in [5, 5.41) is 0. The summed E-state index contributed by atoms with van der Waals surface area (Å²) in [5.41, 5.74) is 2.73. The number of nitrogen functional groups attached to an aromatic ring is 1. The number of hydrogen-bond acceptors (Lipinski definition) is 3. The third-order valence-corrected chi connectivity index (χ3v) is 3.15. The van der Waals surface area contributed by atoms with Gasteiger partial charge in [0, 0.05) is 10.0 Å². The fraction of sp³-hybridized carbons (Fsp3) is 0.0714. The van der Waals surface area contributed by atoms with Crippen LogP contribution in [0, 0.1) is 5.82 Å². The van der Waals surface area contributed by atoms with Gasteiger partial charge in [-0.3, -0.25) is 10.2 Å². The number of benzene rings is 2. The second kappa shape index (κ2) is 6.49. The molecule has 4 nitrogen and oxygen atoms in total. The Balaban J connectivity index is 2.21. The Labute approximate surface area is 123 Å². The lowest BCUT2D eigenvalue weighted by atomic mass is 10.2. The van der Waals surface area contributed by atoms with E-state index >= 15 is 0 Å². The van der Waals surface area contributed by atoms with Gasteiger partial charge in [0.15, 0.2) is 0 Å². The molecule has 0 unspecified atom stereocenters. The standard InChI is InChI=1S/C14H12BrFN2O2/c15-10-5-6-13(11(7-10)14(19)18-17)20-8-9-3-1-2-4-12(9)16/h1-7H,8,17H2,(H,18,19). The smallest absolute Gasteiger partial charge is 0.268 e. The van der Waals surface area contributed by atoms with Crippen molar-refractivity contribution in [2.45, 2.75) is 6.61 Å². The highest BCUT2D eigenvalue weighted by atomic mass is 79.9. The normalized spacial score (nSPS) is 10.2. The topological polar surface area (TPSA) is 64.3 Å². The number of halogens is 2. The molecule has 1 amide bonds. The van der Waals surface area contributed by atoms with Crippen molar-refractivity contribution < 1.29 is 13.9 Å². The van der Waals surface area contributed by atoms with E-state index in [-0.39, 0.29) is 18.0 Å². The molecule has 2 rings (SSSR count). The predicted octanol–water partition coefficient (Wildman–Crippen LogP) is 2.77. The Morgan fingerprint density at radius 3 is 2.75 bits per heavy atom. The number of rotatable bonds is 4. The van der Waals surface area contributed by atoms with Crippen molar-refractivity contribution in [1.82, 2.24) is 5.43 Å². The highest BCUT2D eigenvalue weighted by Gasteiger charge is 2.13. The zero-order chi connectivity index (χ0) is 14.5. The quantitative estimate of drug-likeness (QED) is 0.511. The van der Waals surface area contributed by atoms with Crippen LogP contribution in [0.5, 0.6) is 5.75 Å². The van der Waals surface area contributed by atoms with Gasteiger partial charge in [0.1, 0.15) is 18.2 Å². The van der Waals surface area contributed by atoms with E-state index < -0.39 is 5.91 Å². The number of ether oxygens (including phenoxy) is 1. The molecule has 0 spiro atoms. The summed E-state index contributed by atoms with van der Waals surface area (Å²) in [6, 6.07) is 11.2. The van der Waals surface area contributed by atoms with Gasteiger partial charge in [-0.15, -0.1) is 0 Å². The van der Waals surface area contributed by atoms with Gasteiger partial charge in [-0.05, 0) is 24.3 Å². The maximum Gasteiger partial charge on any atom is 0.268 e. The second-order valence-electron chi connectivity index (χ2n) is 3.99. The van der Waals surface area contributed by atoms with Gasteiger partial charge >= 0.3 is 0 Å². The molecule has 2 aromatic carbocycles. The molecule has 104 valence electrons. The molecule has 2 aromatic rings. The summed E-state index contributed by atoms with van der Waals surface area (Å²) in [7, 11) is 0. The van der Waals surface area contributed by atoms with Crippen molar-refractivity contribution in [3.05, 3.63) is 63.9 Å². The molecule has 0 saturated heterocycles. The van der Waals surface area contributed by atoms with E-state index in [1.165, 1.54) is 6.07 Å². The maximum absolute atomic E-state index is 13.5. The molecule has 0 fully saturated rings. The average molecular weight is 339 g/mol. The molecule has 0 radical (unpaired) electrons. The molecule has 0 aromatic heterocycles. The van der Waals surface area contributed by atoms with E-state index in [9.17, 15) is 9.18 Å². The SMILES string of the molecule is NNC(=O)c1cc(Br)ccc1OCc1ccccc1F. The maximum atomic E-state index is 13.5. The molecule has 3 N–H and O–H groups in total. The molecule has 0 saturated carbocycles. The molecule has 20 heavy (non-hydrogen) atoms. The monoisotopic (exact) mass is 338 g/mol. The van der Waals surface area contributed by atoms with E-state index in [4.69, 9.17) is 10.6 Å². The Bertz CT molecular complexity index is 634. The Morgan fingerprint density at radius 1 is 1.30 bits per heavy atom. The second-order valence-corrected chi connectivity index (χ2v) is 4.91. The largest absolute Gasteiger partial charge is 0.488 e. The molecule has 0 aliphatic heterocycles. The molecule has 0 aliphatic rings. The van der Waals surface area contributed by atoms with Crippen molar-refractivity contribution >= 4 is 21.8 Å². The average Bonchev–Trinajstić information content (AvgIpc) is 2.46. The molecule has 0 bridgehead atoms. The highest BCUT2D eigenvalue weighted by molar-refractivity contribution is 9.10. The van der Waals surface area contributed by atoms with Crippen LogP contribution < -0.4 is 16.0 Å². The van der Waals surface area contributed by atoms with Gasteiger partial charge < -0.3 is 4.74 Å². The van der Waals surface area contributed by atoms with Crippen LogP contribution in [0.25, 0.3) is 0 Å². The van der Waals surface area contributed by atoms with Gasteiger partial charge in [0.25, 0.3) is 5.91 Å². The van der Waals surface area contributed by atoms with E-state index in [0.29, 0.717) is 15.8 Å². The number of nitrogens with one attached hydrogen (secondary N) is 1. The summed E-state index contributed by atoms with van der Waals surface area (Å²) < 4.78 is 19.7. The van der Waals surface area contributed by atoms with E-state index in [1.54, 1.807) is 36.4 Å². The van der Waals surface area contributed by atoms with Crippen LogP contribution in [0.15, 0.2) is 46.9 Å². The fourth-order valence-corrected chi connectivity index (χ4v) is 2.02. The zero-order valence-electron chi connectivity index (χ0n) is 10.4. The van der Waals surface area contributed by atoms with Gasteiger partial charge in [-0.2, -0.15) is 0 Å². The minimum Gasteiger partial charge on any atom is -0.488 e. The number of carbonyl (C=O) groups is 1. The van der Waals surface area contributed by atoms with Crippen LogP contribution >= 0.6 is 15.9 Å². The zero-order valence-corrected chi connectivity index (χ0v) is 12.0. The van der Waals surface area contributed by atoms with E-state index in [0.717, 1.165) is 0 Å². The van der Waals surface area contributed by atoms with Crippen LogP contribution in [-0.2, 0) is 6.61 Å². The number of hydrogen-bond donors (Lipinski definition) is 2. The van der Waals surface area contributed by atoms with Crippen LogP contribution in [0.2, 0.25) is 0 Å². The van der Waals surface area contributed by atoms with Crippen LogP contribution in [0.1, 0.15) is 15.9 Å². The summed E-state index contributed by atoms with van der Waals surface area (Å²) >= 11 is 3.27. The first-order valence-electron chi connectivity index (χ1n) is 5.78. The van der Waals surface area contributed by atoms with Crippen LogP contribution in [0.4, 0.5) is 4.39 Å². The fourth-order valence-electron chi connectivity index (χ4n) is 1.65. The number of hydrazine groups is 1. The Kier molecular flexibility index (Phi) is 4.70. The van der Waals surface area contributed by atoms with Gasteiger partial charge in [0.2, 0.25) is 0 Å².